The predicted octanol–water partition coefficient (Wildman–Crippen LogP) is 3.42. The topological polar surface area (TPSA) is 55.6 Å². The Morgan fingerprint density at radius 2 is 1.79 bits per heavy atom. The van der Waals surface area contributed by atoms with E-state index < -0.39 is 11.7 Å². The molecule has 0 radical (unpaired) electrons. The Morgan fingerprint density at radius 3 is 2.21 bits per heavy atom. The fraction of sp³-hybridized carbons (Fsp3) is 0.533. The maximum Gasteiger partial charge on any atom is 0.424 e. The van der Waals surface area contributed by atoms with Gasteiger partial charge in [-0.1, -0.05) is 38.1 Å². The summed E-state index contributed by atoms with van der Waals surface area (Å²) in [7, 11) is 0. The zero-order chi connectivity index (χ0) is 14.6. The molecule has 0 aromatic heterocycles. The third kappa shape index (κ3) is 5.30. The molecule has 0 saturated carbocycles. The van der Waals surface area contributed by atoms with Crippen LogP contribution in [0.3, 0.4) is 0 Å². The highest BCUT2D eigenvalue weighted by Gasteiger charge is 2.20. The molecule has 0 fully saturated rings. The smallest absolute Gasteiger partial charge is 0.424 e. The molecule has 1 amide bonds. The Morgan fingerprint density at radius 1 is 1.26 bits per heavy atom. The largest absolute Gasteiger partial charge is 0.443 e. The van der Waals surface area contributed by atoms with Gasteiger partial charge in [0, 0.05) is 0 Å². The molecule has 1 rings (SSSR count). The van der Waals surface area contributed by atoms with Gasteiger partial charge in [0.05, 0.1) is 6.54 Å². The minimum absolute atomic E-state index is 0.341. The van der Waals surface area contributed by atoms with Gasteiger partial charge in [-0.3, -0.25) is 0 Å². The predicted molar refractivity (Wildman–Crippen MR) is 76.5 cm³/mol. The second kappa shape index (κ2) is 6.06. The molecule has 0 aliphatic carbocycles. The van der Waals surface area contributed by atoms with E-state index in [4.69, 9.17) is 10.6 Å². The summed E-state index contributed by atoms with van der Waals surface area (Å²) in [5, 5.41) is 1.09. The number of hydrazine groups is 1. The molecule has 0 spiro atoms. The van der Waals surface area contributed by atoms with E-state index in [0.29, 0.717) is 12.5 Å². The van der Waals surface area contributed by atoms with Crippen LogP contribution in [0.1, 0.15) is 51.7 Å². The number of nitrogens with zero attached hydrogens (tertiary/aromatic N) is 1. The second-order valence-electron chi connectivity index (χ2n) is 6.00. The summed E-state index contributed by atoms with van der Waals surface area (Å²) in [6, 6.07) is 8.09. The Labute approximate surface area is 115 Å². The SMILES string of the molecule is CC(C)c1ccc(CN(N)C(=O)OC(C)(C)C)cc1. The number of amides is 1. The van der Waals surface area contributed by atoms with Gasteiger partial charge in [-0.15, -0.1) is 0 Å². The van der Waals surface area contributed by atoms with Crippen LogP contribution in [0.4, 0.5) is 4.79 Å². The average molecular weight is 264 g/mol. The van der Waals surface area contributed by atoms with Crippen LogP contribution in [-0.2, 0) is 11.3 Å². The molecule has 0 aliphatic heterocycles. The van der Waals surface area contributed by atoms with Gasteiger partial charge in [0.2, 0.25) is 0 Å². The Bertz CT molecular complexity index is 419. The lowest BCUT2D eigenvalue weighted by Crippen LogP contribution is -2.40. The number of hydrogen-bond donors (Lipinski definition) is 1. The van der Waals surface area contributed by atoms with Crippen LogP contribution in [0.15, 0.2) is 24.3 Å². The van der Waals surface area contributed by atoms with E-state index in [9.17, 15) is 4.79 Å². The summed E-state index contributed by atoms with van der Waals surface area (Å²) in [5.74, 6) is 6.21. The lowest BCUT2D eigenvalue weighted by molar-refractivity contribution is 0.0231. The molecular weight excluding hydrogens is 240 g/mol. The van der Waals surface area contributed by atoms with Crippen LogP contribution in [-0.4, -0.2) is 16.7 Å². The zero-order valence-electron chi connectivity index (χ0n) is 12.4. The van der Waals surface area contributed by atoms with Crippen molar-refractivity contribution in [1.29, 1.82) is 0 Å². The van der Waals surface area contributed by atoms with Crippen molar-refractivity contribution in [3.05, 3.63) is 35.4 Å². The van der Waals surface area contributed by atoms with Gasteiger partial charge in [0.1, 0.15) is 5.60 Å². The quantitative estimate of drug-likeness (QED) is 0.517. The Kier molecular flexibility index (Phi) is 4.95. The van der Waals surface area contributed by atoms with E-state index in [1.54, 1.807) is 0 Å². The Hall–Kier alpha value is -1.55. The lowest BCUT2D eigenvalue weighted by atomic mass is 10.0. The molecule has 0 unspecified atom stereocenters. The van der Waals surface area contributed by atoms with Crippen molar-refractivity contribution in [1.82, 2.24) is 5.01 Å². The van der Waals surface area contributed by atoms with Crippen molar-refractivity contribution in [2.24, 2.45) is 5.84 Å². The molecule has 0 saturated heterocycles. The van der Waals surface area contributed by atoms with Crippen molar-refractivity contribution in [2.75, 3.05) is 0 Å². The fourth-order valence-corrected chi connectivity index (χ4v) is 1.59. The van der Waals surface area contributed by atoms with E-state index in [2.05, 4.69) is 26.0 Å². The van der Waals surface area contributed by atoms with Gasteiger partial charge in [0.25, 0.3) is 0 Å². The molecule has 1 aromatic carbocycles. The molecule has 19 heavy (non-hydrogen) atoms. The average Bonchev–Trinajstić information content (AvgIpc) is 2.27. The third-order valence-corrected chi connectivity index (χ3v) is 2.63. The number of carbonyl (C=O) groups excluding carboxylic acids is 1. The van der Waals surface area contributed by atoms with Gasteiger partial charge in [-0.2, -0.15) is 0 Å². The molecule has 1 aromatic rings. The van der Waals surface area contributed by atoms with E-state index in [0.717, 1.165) is 10.6 Å². The first-order valence-corrected chi connectivity index (χ1v) is 6.53. The van der Waals surface area contributed by atoms with Crippen molar-refractivity contribution < 1.29 is 9.53 Å². The number of hydrogen-bond acceptors (Lipinski definition) is 3. The molecule has 2 N–H and O–H groups in total. The third-order valence-electron chi connectivity index (χ3n) is 2.63. The molecule has 0 aliphatic rings. The van der Waals surface area contributed by atoms with Gasteiger partial charge in [0.15, 0.2) is 0 Å². The molecule has 0 bridgehead atoms. The Balaban J connectivity index is 2.61. The van der Waals surface area contributed by atoms with Crippen molar-refractivity contribution in [3.8, 4) is 0 Å². The summed E-state index contributed by atoms with van der Waals surface area (Å²) in [5.41, 5.74) is 1.72. The highest BCUT2D eigenvalue weighted by atomic mass is 16.6. The van der Waals surface area contributed by atoms with Gasteiger partial charge >= 0.3 is 6.09 Å². The summed E-state index contributed by atoms with van der Waals surface area (Å²) >= 11 is 0. The van der Waals surface area contributed by atoms with Gasteiger partial charge in [-0.05, 0) is 37.8 Å². The summed E-state index contributed by atoms with van der Waals surface area (Å²) in [6.07, 6.45) is -0.513. The second-order valence-corrected chi connectivity index (χ2v) is 6.00. The van der Waals surface area contributed by atoms with Crippen LogP contribution in [0, 0.1) is 0 Å². The van der Waals surface area contributed by atoms with Crippen molar-refractivity contribution in [3.63, 3.8) is 0 Å². The summed E-state index contributed by atoms with van der Waals surface area (Å²) < 4.78 is 5.20. The molecule has 106 valence electrons. The maximum absolute atomic E-state index is 11.7. The molecule has 4 nitrogen and oxygen atoms in total. The monoisotopic (exact) mass is 264 g/mol. The zero-order valence-corrected chi connectivity index (χ0v) is 12.4. The van der Waals surface area contributed by atoms with Crippen LogP contribution in [0.25, 0.3) is 0 Å². The molecule has 0 atom stereocenters. The standard InChI is InChI=1S/C15H24N2O2/c1-11(2)13-8-6-12(7-9-13)10-17(16)14(18)19-15(3,4)5/h6-9,11H,10,16H2,1-5H3. The lowest BCUT2D eigenvalue weighted by Gasteiger charge is -2.24. The highest BCUT2D eigenvalue weighted by Crippen LogP contribution is 2.16. The van der Waals surface area contributed by atoms with E-state index >= 15 is 0 Å². The van der Waals surface area contributed by atoms with Gasteiger partial charge in [-0.25, -0.2) is 15.6 Å². The van der Waals surface area contributed by atoms with Gasteiger partial charge < -0.3 is 4.74 Å². The van der Waals surface area contributed by atoms with Crippen LogP contribution < -0.4 is 5.84 Å². The van der Waals surface area contributed by atoms with Crippen LogP contribution >= 0.6 is 0 Å². The number of rotatable bonds is 3. The number of carbonyl (C=O) groups is 1. The first-order chi connectivity index (χ1) is 8.69. The fourth-order valence-electron chi connectivity index (χ4n) is 1.59. The molecule has 4 heteroatoms. The maximum atomic E-state index is 11.7. The van der Waals surface area contributed by atoms with Crippen molar-refractivity contribution >= 4 is 6.09 Å². The van der Waals surface area contributed by atoms with E-state index in [-0.39, 0.29) is 0 Å². The molecule has 0 heterocycles. The number of benzene rings is 1. The normalized spacial score (nSPS) is 11.5. The summed E-state index contributed by atoms with van der Waals surface area (Å²) in [4.78, 5) is 11.7. The van der Waals surface area contributed by atoms with Crippen LogP contribution in [0.5, 0.6) is 0 Å². The van der Waals surface area contributed by atoms with E-state index in [1.807, 2.05) is 32.9 Å². The van der Waals surface area contributed by atoms with E-state index in [1.165, 1.54) is 5.56 Å². The molecular formula is C15H24N2O2. The minimum Gasteiger partial charge on any atom is -0.443 e. The van der Waals surface area contributed by atoms with Crippen LogP contribution in [0.2, 0.25) is 0 Å². The highest BCUT2D eigenvalue weighted by molar-refractivity contribution is 5.67. The first-order valence-electron chi connectivity index (χ1n) is 6.53. The first kappa shape index (κ1) is 15.5. The summed E-state index contributed by atoms with van der Waals surface area (Å²) in [6.45, 7) is 10.1. The van der Waals surface area contributed by atoms with Crippen molar-refractivity contribution in [2.45, 2.75) is 52.7 Å². The number of ether oxygens (including phenoxy) is 1. The minimum atomic E-state index is -0.532. The number of nitrogens with two attached hydrogens (primary N) is 1.